The molecule has 0 saturated heterocycles. The summed E-state index contributed by atoms with van der Waals surface area (Å²) < 4.78 is 29.7. The average molecular weight is 330 g/mol. The Morgan fingerprint density at radius 1 is 1.04 bits per heavy atom. The van der Waals surface area contributed by atoms with Crippen LogP contribution in [0.5, 0.6) is 0 Å². The molecule has 2 aromatic carbocycles. The highest BCUT2D eigenvalue weighted by Crippen LogP contribution is 2.29. The Labute approximate surface area is 136 Å². The van der Waals surface area contributed by atoms with Gasteiger partial charge in [-0.25, -0.2) is 0 Å². The zero-order valence-electron chi connectivity index (χ0n) is 12.6. The van der Waals surface area contributed by atoms with Gasteiger partial charge in [0, 0.05) is 6.42 Å². The summed E-state index contributed by atoms with van der Waals surface area (Å²) in [5, 5.41) is 9.86. The van der Waals surface area contributed by atoms with Gasteiger partial charge in [-0.2, -0.15) is 8.42 Å². The molecule has 0 radical (unpaired) electrons. The van der Waals surface area contributed by atoms with Crippen molar-refractivity contribution in [1.29, 1.82) is 0 Å². The fourth-order valence-electron chi connectivity index (χ4n) is 2.26. The maximum absolute atomic E-state index is 12.3. The van der Waals surface area contributed by atoms with Crippen molar-refractivity contribution in [3.8, 4) is 12.3 Å². The quantitative estimate of drug-likeness (QED) is 0.625. The molecule has 2 rings (SSSR count). The molecule has 1 N–H and O–H groups in total. The van der Waals surface area contributed by atoms with E-state index < -0.39 is 15.5 Å². The van der Waals surface area contributed by atoms with Crippen molar-refractivity contribution in [2.75, 3.05) is 13.2 Å². The monoisotopic (exact) mass is 330 g/mol. The lowest BCUT2D eigenvalue weighted by Crippen LogP contribution is -2.36. The molecule has 0 aromatic heterocycles. The third-order valence-electron chi connectivity index (χ3n) is 3.65. The molecule has 23 heavy (non-hydrogen) atoms. The van der Waals surface area contributed by atoms with E-state index >= 15 is 0 Å². The standard InChI is InChI=1S/C18H18O4S/c1-2-13-18(14-19,16-9-5-3-6-10-16)15-22-23(20,21)17-11-7-4-8-12-17/h1,3-12,19H,13-15H2/t18-/m1/s1. The number of aliphatic hydroxyl groups is 1. The minimum absolute atomic E-state index is 0.0700. The van der Waals surface area contributed by atoms with E-state index in [1.54, 1.807) is 30.3 Å². The highest BCUT2D eigenvalue weighted by Gasteiger charge is 2.33. The van der Waals surface area contributed by atoms with E-state index in [0.29, 0.717) is 0 Å². The van der Waals surface area contributed by atoms with E-state index in [4.69, 9.17) is 10.6 Å². The van der Waals surface area contributed by atoms with Crippen molar-refractivity contribution in [1.82, 2.24) is 0 Å². The predicted octanol–water partition coefficient (Wildman–Crippen LogP) is 2.35. The summed E-state index contributed by atoms with van der Waals surface area (Å²) in [6.07, 6.45) is 5.58. The number of benzene rings is 2. The number of terminal acetylenes is 1. The van der Waals surface area contributed by atoms with Crippen LogP contribution in [0.25, 0.3) is 0 Å². The first-order chi connectivity index (χ1) is 11.0. The van der Waals surface area contributed by atoms with Crippen molar-refractivity contribution in [2.45, 2.75) is 16.7 Å². The molecule has 0 heterocycles. The third-order valence-corrected chi connectivity index (χ3v) is 4.93. The Hall–Kier alpha value is -2.13. The molecule has 0 aliphatic carbocycles. The van der Waals surface area contributed by atoms with Crippen molar-refractivity contribution in [3.05, 3.63) is 66.2 Å². The summed E-state index contributed by atoms with van der Waals surface area (Å²) in [6, 6.07) is 16.9. The molecule has 1 atom stereocenters. The van der Waals surface area contributed by atoms with Crippen molar-refractivity contribution < 1.29 is 17.7 Å². The van der Waals surface area contributed by atoms with Gasteiger partial charge in [-0.05, 0) is 17.7 Å². The Bertz CT molecular complexity index is 764. The van der Waals surface area contributed by atoms with Crippen molar-refractivity contribution in [3.63, 3.8) is 0 Å². The van der Waals surface area contributed by atoms with Gasteiger partial charge in [0.2, 0.25) is 0 Å². The van der Waals surface area contributed by atoms with Crippen LogP contribution in [-0.2, 0) is 19.7 Å². The Balaban J connectivity index is 2.28. The Kier molecular flexibility index (Phi) is 5.56. The largest absolute Gasteiger partial charge is 0.395 e. The number of rotatable bonds is 7. The summed E-state index contributed by atoms with van der Waals surface area (Å²) in [6.45, 7) is -0.541. The van der Waals surface area contributed by atoms with Crippen LogP contribution in [0.3, 0.4) is 0 Å². The second-order valence-electron chi connectivity index (χ2n) is 5.21. The molecule has 0 fully saturated rings. The zero-order valence-corrected chi connectivity index (χ0v) is 13.4. The molecule has 5 heteroatoms. The highest BCUT2D eigenvalue weighted by molar-refractivity contribution is 7.86. The smallest absolute Gasteiger partial charge is 0.297 e. The van der Waals surface area contributed by atoms with E-state index in [-0.39, 0.29) is 24.5 Å². The van der Waals surface area contributed by atoms with Crippen LogP contribution in [0.1, 0.15) is 12.0 Å². The van der Waals surface area contributed by atoms with Gasteiger partial charge < -0.3 is 5.11 Å². The van der Waals surface area contributed by atoms with E-state index in [1.807, 2.05) is 18.2 Å². The molecular formula is C18H18O4S. The van der Waals surface area contributed by atoms with Crippen molar-refractivity contribution in [2.24, 2.45) is 0 Å². The van der Waals surface area contributed by atoms with Crippen LogP contribution in [0.2, 0.25) is 0 Å². The van der Waals surface area contributed by atoms with E-state index in [9.17, 15) is 13.5 Å². The van der Waals surface area contributed by atoms with Gasteiger partial charge in [0.05, 0.1) is 23.5 Å². The summed E-state index contributed by atoms with van der Waals surface area (Å²) in [5.74, 6) is 2.50. The fraction of sp³-hybridized carbons (Fsp3) is 0.222. The lowest BCUT2D eigenvalue weighted by molar-refractivity contribution is 0.135. The first kappa shape index (κ1) is 17.2. The number of aliphatic hydroxyl groups excluding tert-OH is 1. The van der Waals surface area contributed by atoms with Gasteiger partial charge in [0.25, 0.3) is 10.1 Å². The molecule has 120 valence electrons. The fourth-order valence-corrected chi connectivity index (χ4v) is 3.27. The average Bonchev–Trinajstić information content (AvgIpc) is 2.60. The summed E-state index contributed by atoms with van der Waals surface area (Å²) in [4.78, 5) is 0.0700. The lowest BCUT2D eigenvalue weighted by atomic mass is 9.79. The van der Waals surface area contributed by atoms with E-state index in [0.717, 1.165) is 5.56 Å². The van der Waals surface area contributed by atoms with Gasteiger partial charge >= 0.3 is 0 Å². The lowest BCUT2D eigenvalue weighted by Gasteiger charge is -2.30. The highest BCUT2D eigenvalue weighted by atomic mass is 32.2. The summed E-state index contributed by atoms with van der Waals surface area (Å²) in [7, 11) is -3.91. The van der Waals surface area contributed by atoms with Crippen LogP contribution in [0, 0.1) is 12.3 Å². The predicted molar refractivity (Wildman–Crippen MR) is 88.2 cm³/mol. The molecular weight excluding hydrogens is 312 g/mol. The van der Waals surface area contributed by atoms with Gasteiger partial charge in [0.15, 0.2) is 0 Å². The minimum Gasteiger partial charge on any atom is -0.395 e. The van der Waals surface area contributed by atoms with Gasteiger partial charge in [-0.15, -0.1) is 12.3 Å². The van der Waals surface area contributed by atoms with Gasteiger partial charge in [-0.1, -0.05) is 48.5 Å². The Morgan fingerprint density at radius 3 is 2.13 bits per heavy atom. The molecule has 4 nitrogen and oxygen atoms in total. The first-order valence-electron chi connectivity index (χ1n) is 7.08. The van der Waals surface area contributed by atoms with E-state index in [1.165, 1.54) is 12.1 Å². The number of hydrogen-bond acceptors (Lipinski definition) is 4. The van der Waals surface area contributed by atoms with Gasteiger partial charge in [0.1, 0.15) is 0 Å². The van der Waals surface area contributed by atoms with E-state index in [2.05, 4.69) is 5.92 Å². The minimum atomic E-state index is -3.91. The molecule has 0 bridgehead atoms. The van der Waals surface area contributed by atoms with Crippen LogP contribution in [0.4, 0.5) is 0 Å². The maximum atomic E-state index is 12.3. The SMILES string of the molecule is C#CC[C@@](CO)(COS(=O)(=O)c1ccccc1)c1ccccc1. The summed E-state index contributed by atoms with van der Waals surface area (Å²) >= 11 is 0. The molecule has 0 saturated carbocycles. The molecule has 0 aliphatic heterocycles. The topological polar surface area (TPSA) is 63.6 Å². The van der Waals surface area contributed by atoms with Crippen LogP contribution >= 0.6 is 0 Å². The second kappa shape index (κ2) is 7.42. The molecule has 2 aromatic rings. The molecule has 0 amide bonds. The second-order valence-corrected chi connectivity index (χ2v) is 6.83. The summed E-state index contributed by atoms with van der Waals surface area (Å²) in [5.41, 5.74) is -0.221. The third kappa shape index (κ3) is 3.99. The first-order valence-corrected chi connectivity index (χ1v) is 8.49. The zero-order chi connectivity index (χ0) is 16.8. The van der Waals surface area contributed by atoms with Crippen LogP contribution in [-0.4, -0.2) is 26.7 Å². The maximum Gasteiger partial charge on any atom is 0.297 e. The molecule has 0 aliphatic rings. The Morgan fingerprint density at radius 2 is 1.61 bits per heavy atom. The normalized spacial score (nSPS) is 13.9. The number of hydrogen-bond donors (Lipinski definition) is 1. The van der Waals surface area contributed by atoms with Crippen LogP contribution in [0.15, 0.2) is 65.6 Å². The molecule has 0 spiro atoms. The van der Waals surface area contributed by atoms with Crippen LogP contribution < -0.4 is 0 Å². The van der Waals surface area contributed by atoms with Crippen molar-refractivity contribution >= 4 is 10.1 Å². The van der Waals surface area contributed by atoms with Gasteiger partial charge in [-0.3, -0.25) is 4.18 Å². The molecule has 0 unspecified atom stereocenters.